The van der Waals surface area contributed by atoms with Crippen LogP contribution in [-0.4, -0.2) is 12.6 Å². The van der Waals surface area contributed by atoms with E-state index in [0.29, 0.717) is 12.2 Å². The summed E-state index contributed by atoms with van der Waals surface area (Å²) in [6.07, 6.45) is 3.27. The molecule has 0 atom stereocenters. The van der Waals surface area contributed by atoms with E-state index in [9.17, 15) is 4.79 Å². The first-order valence-electron chi connectivity index (χ1n) is 13.1. The third-order valence-electron chi connectivity index (χ3n) is 7.98. The highest BCUT2D eigenvalue weighted by Crippen LogP contribution is 2.47. The van der Waals surface area contributed by atoms with Gasteiger partial charge in [-0.1, -0.05) is 88.4 Å². The van der Waals surface area contributed by atoms with E-state index in [1.165, 1.54) is 51.4 Å². The van der Waals surface area contributed by atoms with Gasteiger partial charge in [-0.05, 0) is 99.4 Å². The number of hydrogen-bond donors (Lipinski definition) is 0. The van der Waals surface area contributed by atoms with Crippen molar-refractivity contribution in [1.82, 2.24) is 0 Å². The van der Waals surface area contributed by atoms with Crippen LogP contribution >= 0.6 is 0 Å². The standard InChI is InChI=1S/C34H36O2/c1-6-36-32(35)25-14-12-24(13-15-25)29-20-27-22-31-30(33(2,3)16-17-34(31,4)5)21-26(27)19-28(29)18-23-10-8-7-9-11-23/h7-15,19-22H,6,16-18H2,1-5H3. The highest BCUT2D eigenvalue weighted by molar-refractivity contribution is 5.93. The van der Waals surface area contributed by atoms with Crippen molar-refractivity contribution in [1.29, 1.82) is 0 Å². The molecule has 0 heterocycles. The highest BCUT2D eigenvalue weighted by Gasteiger charge is 2.37. The Labute approximate surface area is 215 Å². The molecule has 1 aliphatic rings. The van der Waals surface area contributed by atoms with Crippen LogP contribution in [0.5, 0.6) is 0 Å². The van der Waals surface area contributed by atoms with Gasteiger partial charge < -0.3 is 4.74 Å². The molecule has 0 fully saturated rings. The van der Waals surface area contributed by atoms with Crippen LogP contribution in [0.2, 0.25) is 0 Å². The topological polar surface area (TPSA) is 26.3 Å². The van der Waals surface area contributed by atoms with Gasteiger partial charge in [0.25, 0.3) is 0 Å². The summed E-state index contributed by atoms with van der Waals surface area (Å²) in [5, 5.41) is 2.58. The summed E-state index contributed by atoms with van der Waals surface area (Å²) in [5.74, 6) is -0.274. The van der Waals surface area contributed by atoms with Crippen molar-refractivity contribution in [3.05, 3.63) is 107 Å². The lowest BCUT2D eigenvalue weighted by molar-refractivity contribution is 0.0526. The van der Waals surface area contributed by atoms with Crippen LogP contribution in [0.3, 0.4) is 0 Å². The van der Waals surface area contributed by atoms with E-state index in [1.54, 1.807) is 0 Å². The number of rotatable bonds is 5. The molecule has 0 amide bonds. The van der Waals surface area contributed by atoms with Crippen LogP contribution in [0.15, 0.2) is 78.9 Å². The average molecular weight is 477 g/mol. The smallest absolute Gasteiger partial charge is 0.338 e. The zero-order valence-electron chi connectivity index (χ0n) is 22.2. The molecule has 2 heteroatoms. The molecule has 184 valence electrons. The van der Waals surface area contributed by atoms with E-state index in [4.69, 9.17) is 4.74 Å². The van der Waals surface area contributed by atoms with E-state index < -0.39 is 0 Å². The lowest BCUT2D eigenvalue weighted by Gasteiger charge is -2.42. The van der Waals surface area contributed by atoms with Crippen molar-refractivity contribution >= 4 is 16.7 Å². The monoisotopic (exact) mass is 476 g/mol. The summed E-state index contributed by atoms with van der Waals surface area (Å²) < 4.78 is 5.18. The predicted octanol–water partition coefficient (Wildman–Crippen LogP) is 8.62. The molecule has 5 rings (SSSR count). The molecule has 0 spiro atoms. The van der Waals surface area contributed by atoms with Crippen molar-refractivity contribution < 1.29 is 9.53 Å². The Balaban J connectivity index is 1.68. The lowest BCUT2D eigenvalue weighted by atomic mass is 9.62. The molecular formula is C34H36O2. The Kier molecular flexibility index (Phi) is 6.24. The van der Waals surface area contributed by atoms with Gasteiger partial charge in [0.2, 0.25) is 0 Å². The van der Waals surface area contributed by atoms with Gasteiger partial charge in [-0.15, -0.1) is 0 Å². The van der Waals surface area contributed by atoms with Crippen LogP contribution in [0.1, 0.15) is 80.1 Å². The zero-order chi connectivity index (χ0) is 25.5. The Bertz CT molecular complexity index is 1410. The number of ether oxygens (including phenoxy) is 1. The summed E-state index contributed by atoms with van der Waals surface area (Å²) in [6.45, 7) is 11.7. The van der Waals surface area contributed by atoms with Gasteiger partial charge in [-0.25, -0.2) is 4.79 Å². The minimum Gasteiger partial charge on any atom is -0.462 e. The maximum absolute atomic E-state index is 12.2. The minimum atomic E-state index is -0.274. The van der Waals surface area contributed by atoms with Crippen LogP contribution in [0, 0.1) is 0 Å². The number of carbonyl (C=O) groups is 1. The zero-order valence-corrected chi connectivity index (χ0v) is 22.2. The molecule has 0 aliphatic heterocycles. The van der Waals surface area contributed by atoms with Gasteiger partial charge in [-0.3, -0.25) is 0 Å². The maximum atomic E-state index is 12.2. The van der Waals surface area contributed by atoms with E-state index in [1.807, 2.05) is 31.2 Å². The largest absolute Gasteiger partial charge is 0.462 e. The van der Waals surface area contributed by atoms with Crippen molar-refractivity contribution in [3.8, 4) is 11.1 Å². The highest BCUT2D eigenvalue weighted by atomic mass is 16.5. The number of fused-ring (bicyclic) bond motifs is 2. The van der Waals surface area contributed by atoms with Crippen LogP contribution in [0.4, 0.5) is 0 Å². The van der Waals surface area contributed by atoms with E-state index in [2.05, 4.69) is 82.3 Å². The summed E-state index contributed by atoms with van der Waals surface area (Å²) >= 11 is 0. The van der Waals surface area contributed by atoms with Crippen LogP contribution in [-0.2, 0) is 22.0 Å². The Morgan fingerprint density at radius 2 is 1.36 bits per heavy atom. The van der Waals surface area contributed by atoms with E-state index >= 15 is 0 Å². The molecule has 4 aromatic carbocycles. The quantitative estimate of drug-likeness (QED) is 0.269. The van der Waals surface area contributed by atoms with Gasteiger partial charge in [0.1, 0.15) is 0 Å². The predicted molar refractivity (Wildman–Crippen MR) is 150 cm³/mol. The Morgan fingerprint density at radius 3 is 1.94 bits per heavy atom. The van der Waals surface area contributed by atoms with Gasteiger partial charge >= 0.3 is 5.97 Å². The maximum Gasteiger partial charge on any atom is 0.338 e. The molecule has 0 radical (unpaired) electrons. The molecule has 1 aliphatic carbocycles. The second-order valence-corrected chi connectivity index (χ2v) is 11.5. The van der Waals surface area contributed by atoms with E-state index in [-0.39, 0.29) is 16.8 Å². The SMILES string of the molecule is CCOC(=O)c1ccc(-c2cc3cc4c(cc3cc2Cc2ccccc2)C(C)(C)CCC4(C)C)cc1. The third-order valence-corrected chi connectivity index (χ3v) is 7.98. The van der Waals surface area contributed by atoms with Crippen molar-refractivity contribution in [2.75, 3.05) is 6.61 Å². The lowest BCUT2D eigenvalue weighted by Crippen LogP contribution is -2.33. The number of hydrogen-bond acceptors (Lipinski definition) is 2. The first-order valence-corrected chi connectivity index (χ1v) is 13.1. The van der Waals surface area contributed by atoms with E-state index in [0.717, 1.165) is 12.0 Å². The van der Waals surface area contributed by atoms with Gasteiger partial charge in [-0.2, -0.15) is 0 Å². The molecule has 0 unspecified atom stereocenters. The fourth-order valence-electron chi connectivity index (χ4n) is 5.64. The first-order chi connectivity index (χ1) is 17.2. The molecule has 2 nitrogen and oxygen atoms in total. The first kappa shape index (κ1) is 24.3. The number of esters is 1. The van der Waals surface area contributed by atoms with Gasteiger partial charge in [0, 0.05) is 0 Å². The minimum absolute atomic E-state index is 0.170. The molecule has 36 heavy (non-hydrogen) atoms. The average Bonchev–Trinajstić information content (AvgIpc) is 2.87. The Hall–Kier alpha value is -3.39. The molecule has 4 aromatic rings. The Morgan fingerprint density at radius 1 is 0.778 bits per heavy atom. The van der Waals surface area contributed by atoms with Crippen LogP contribution in [0.25, 0.3) is 21.9 Å². The molecule has 0 saturated heterocycles. The molecular weight excluding hydrogens is 440 g/mol. The second-order valence-electron chi connectivity index (χ2n) is 11.5. The number of carbonyl (C=O) groups excluding carboxylic acids is 1. The molecule has 0 bridgehead atoms. The molecule has 0 saturated carbocycles. The fraction of sp³-hybridized carbons (Fsp3) is 0.324. The summed E-state index contributed by atoms with van der Waals surface area (Å²) in [4.78, 5) is 12.2. The third kappa shape index (κ3) is 4.57. The van der Waals surface area contributed by atoms with Gasteiger partial charge in [0.15, 0.2) is 0 Å². The fourth-order valence-corrected chi connectivity index (χ4v) is 5.64. The van der Waals surface area contributed by atoms with Gasteiger partial charge in [0.05, 0.1) is 12.2 Å². The van der Waals surface area contributed by atoms with Crippen molar-refractivity contribution in [2.45, 2.75) is 64.7 Å². The molecule has 0 N–H and O–H groups in total. The summed E-state index contributed by atoms with van der Waals surface area (Å²) in [6, 6.07) is 28.1. The second kappa shape index (κ2) is 9.24. The summed E-state index contributed by atoms with van der Waals surface area (Å²) in [5.41, 5.74) is 8.83. The van der Waals surface area contributed by atoms with Crippen molar-refractivity contribution in [2.24, 2.45) is 0 Å². The van der Waals surface area contributed by atoms with Crippen molar-refractivity contribution in [3.63, 3.8) is 0 Å². The number of benzene rings is 4. The van der Waals surface area contributed by atoms with Crippen LogP contribution < -0.4 is 0 Å². The molecule has 0 aromatic heterocycles. The normalized spacial score (nSPS) is 15.9. The summed E-state index contributed by atoms with van der Waals surface area (Å²) in [7, 11) is 0.